The number of carbonyl (C=O) groups is 1. The summed E-state index contributed by atoms with van der Waals surface area (Å²) < 4.78 is 41.8. The summed E-state index contributed by atoms with van der Waals surface area (Å²) in [4.78, 5) is 12.0. The van der Waals surface area contributed by atoms with Gasteiger partial charge in [-0.25, -0.2) is 13.2 Å². The Morgan fingerprint density at radius 1 is 1.07 bits per heavy atom. The van der Waals surface area contributed by atoms with E-state index in [0.717, 1.165) is 29.5 Å². The Balaban J connectivity index is 1.61. The van der Waals surface area contributed by atoms with Crippen LogP contribution in [0.15, 0.2) is 47.6 Å². The van der Waals surface area contributed by atoms with Gasteiger partial charge < -0.3 is 9.88 Å². The zero-order valence-electron chi connectivity index (χ0n) is 14.2. The first-order valence-electron chi connectivity index (χ1n) is 7.93. The molecule has 3 aromatic rings. The largest absolute Gasteiger partial charge is 0.320 e. The van der Waals surface area contributed by atoms with Crippen molar-refractivity contribution >= 4 is 23.4 Å². The average molecular weight is 392 g/mol. The average Bonchev–Trinajstić information content (AvgIpc) is 2.98. The molecule has 0 aliphatic heterocycles. The Hall–Kier alpha value is -2.81. The molecule has 0 aliphatic carbocycles. The molecule has 0 radical (unpaired) electrons. The minimum atomic E-state index is -0.839. The van der Waals surface area contributed by atoms with E-state index in [-0.39, 0.29) is 11.6 Å². The minimum Gasteiger partial charge on any atom is -0.320 e. The molecular formula is C18H15F3N4OS. The summed E-state index contributed by atoms with van der Waals surface area (Å²) in [5.74, 6) is -2.00. The molecule has 0 saturated carbocycles. The van der Waals surface area contributed by atoms with E-state index < -0.39 is 23.2 Å². The highest BCUT2D eigenvalue weighted by molar-refractivity contribution is 7.99. The van der Waals surface area contributed by atoms with Crippen LogP contribution >= 0.6 is 11.8 Å². The van der Waals surface area contributed by atoms with Gasteiger partial charge in [-0.3, -0.25) is 4.79 Å². The van der Waals surface area contributed by atoms with Gasteiger partial charge in [-0.2, -0.15) is 0 Å². The van der Waals surface area contributed by atoms with Gasteiger partial charge in [0.05, 0.1) is 5.75 Å². The molecule has 0 spiro atoms. The monoisotopic (exact) mass is 392 g/mol. The fourth-order valence-corrected chi connectivity index (χ4v) is 3.06. The smallest absolute Gasteiger partial charge is 0.235 e. The van der Waals surface area contributed by atoms with Crippen LogP contribution in [0.2, 0.25) is 0 Å². The molecule has 3 rings (SSSR count). The summed E-state index contributed by atoms with van der Waals surface area (Å²) in [6, 6.07) is 9.41. The molecule has 0 fully saturated rings. The topological polar surface area (TPSA) is 59.8 Å². The maximum Gasteiger partial charge on any atom is 0.235 e. The molecule has 1 heterocycles. The van der Waals surface area contributed by atoms with Crippen molar-refractivity contribution in [2.24, 2.45) is 7.05 Å². The van der Waals surface area contributed by atoms with Crippen LogP contribution in [0.3, 0.4) is 0 Å². The molecule has 2 aromatic carbocycles. The van der Waals surface area contributed by atoms with Gasteiger partial charge in [0.15, 0.2) is 5.16 Å². The second-order valence-electron chi connectivity index (χ2n) is 5.69. The molecule has 0 unspecified atom stereocenters. The molecule has 1 aromatic heterocycles. The standard InChI is InChI=1S/C18H15F3N4OS/c1-25-15(9-11-5-7-12(19)8-6-11)23-24-18(25)27-10-16(26)22-17-13(20)3-2-4-14(17)21/h2-8H,9-10H2,1H3,(H,22,26). The van der Waals surface area contributed by atoms with E-state index in [2.05, 4.69) is 15.5 Å². The molecule has 9 heteroatoms. The lowest BCUT2D eigenvalue weighted by Crippen LogP contribution is -2.16. The quantitative estimate of drug-likeness (QED) is 0.652. The molecule has 27 heavy (non-hydrogen) atoms. The number of aromatic nitrogens is 3. The number of amides is 1. The number of nitrogens with one attached hydrogen (secondary N) is 1. The van der Waals surface area contributed by atoms with E-state index in [4.69, 9.17) is 0 Å². The van der Waals surface area contributed by atoms with Crippen molar-refractivity contribution in [1.29, 1.82) is 0 Å². The summed E-state index contributed by atoms with van der Waals surface area (Å²) in [6.07, 6.45) is 0.455. The highest BCUT2D eigenvalue weighted by Gasteiger charge is 2.15. The highest BCUT2D eigenvalue weighted by atomic mass is 32.2. The van der Waals surface area contributed by atoms with E-state index in [1.807, 2.05) is 0 Å². The van der Waals surface area contributed by atoms with Gasteiger partial charge in [0.25, 0.3) is 0 Å². The summed E-state index contributed by atoms with van der Waals surface area (Å²) in [7, 11) is 1.75. The van der Waals surface area contributed by atoms with Crippen LogP contribution in [-0.4, -0.2) is 26.4 Å². The van der Waals surface area contributed by atoms with Crippen LogP contribution in [0.25, 0.3) is 0 Å². The van der Waals surface area contributed by atoms with Crippen LogP contribution < -0.4 is 5.32 Å². The number of hydrogen-bond donors (Lipinski definition) is 1. The lowest BCUT2D eigenvalue weighted by atomic mass is 10.1. The first kappa shape index (κ1) is 19.0. The van der Waals surface area contributed by atoms with Crippen molar-refractivity contribution < 1.29 is 18.0 Å². The summed E-state index contributed by atoms with van der Waals surface area (Å²) in [5.41, 5.74) is 0.397. The van der Waals surface area contributed by atoms with Crippen molar-refractivity contribution in [3.63, 3.8) is 0 Å². The van der Waals surface area contributed by atoms with Crippen molar-refractivity contribution in [1.82, 2.24) is 14.8 Å². The van der Waals surface area contributed by atoms with E-state index in [9.17, 15) is 18.0 Å². The summed E-state index contributed by atoms with van der Waals surface area (Å²) in [5, 5.41) is 10.8. The molecule has 140 valence electrons. The number of para-hydroxylation sites is 1. The first-order chi connectivity index (χ1) is 12.9. The van der Waals surface area contributed by atoms with Gasteiger partial charge in [-0.15, -0.1) is 10.2 Å². The maximum atomic E-state index is 13.6. The molecule has 0 aliphatic rings. The predicted octanol–water partition coefficient (Wildman–Crippen LogP) is 3.55. The van der Waals surface area contributed by atoms with Crippen LogP contribution in [0.5, 0.6) is 0 Å². The maximum absolute atomic E-state index is 13.6. The number of thioether (sulfide) groups is 1. The van der Waals surface area contributed by atoms with Gasteiger partial charge in [0, 0.05) is 13.5 Å². The third-order valence-electron chi connectivity index (χ3n) is 3.76. The number of rotatable bonds is 6. The van der Waals surface area contributed by atoms with Gasteiger partial charge >= 0.3 is 0 Å². The van der Waals surface area contributed by atoms with Gasteiger partial charge in [0.2, 0.25) is 5.91 Å². The van der Waals surface area contributed by atoms with Crippen molar-refractivity contribution in [3.8, 4) is 0 Å². The summed E-state index contributed by atoms with van der Waals surface area (Å²) >= 11 is 1.09. The van der Waals surface area contributed by atoms with Crippen LogP contribution in [0.4, 0.5) is 18.9 Å². The fraction of sp³-hybridized carbons (Fsp3) is 0.167. The Labute approximate surface area is 157 Å². The fourth-order valence-electron chi connectivity index (χ4n) is 2.33. The Morgan fingerprint density at radius 2 is 1.74 bits per heavy atom. The Morgan fingerprint density at radius 3 is 2.41 bits per heavy atom. The third-order valence-corrected chi connectivity index (χ3v) is 4.78. The first-order valence-corrected chi connectivity index (χ1v) is 8.92. The second kappa shape index (κ2) is 8.26. The van der Waals surface area contributed by atoms with Gasteiger partial charge in [-0.05, 0) is 29.8 Å². The zero-order valence-corrected chi connectivity index (χ0v) is 15.1. The lowest BCUT2D eigenvalue weighted by Gasteiger charge is -2.07. The Bertz CT molecular complexity index is 939. The number of anilines is 1. The van der Waals surface area contributed by atoms with Crippen LogP contribution in [-0.2, 0) is 18.3 Å². The molecule has 0 atom stereocenters. The zero-order chi connectivity index (χ0) is 19.4. The normalized spacial score (nSPS) is 10.8. The number of hydrogen-bond acceptors (Lipinski definition) is 4. The van der Waals surface area contributed by atoms with E-state index >= 15 is 0 Å². The molecule has 1 amide bonds. The number of nitrogens with zero attached hydrogens (tertiary/aromatic N) is 3. The van der Waals surface area contributed by atoms with E-state index in [1.54, 1.807) is 23.7 Å². The number of halogens is 3. The van der Waals surface area contributed by atoms with Crippen molar-refractivity contribution in [3.05, 3.63) is 71.3 Å². The molecular weight excluding hydrogens is 377 g/mol. The lowest BCUT2D eigenvalue weighted by molar-refractivity contribution is -0.113. The Kier molecular flexibility index (Phi) is 5.80. The second-order valence-corrected chi connectivity index (χ2v) is 6.64. The third kappa shape index (κ3) is 4.68. The summed E-state index contributed by atoms with van der Waals surface area (Å²) in [6.45, 7) is 0. The van der Waals surface area contributed by atoms with Crippen LogP contribution in [0, 0.1) is 17.5 Å². The van der Waals surface area contributed by atoms with Gasteiger partial charge in [-0.1, -0.05) is 30.0 Å². The van der Waals surface area contributed by atoms with Gasteiger partial charge in [0.1, 0.15) is 29.0 Å². The van der Waals surface area contributed by atoms with E-state index in [0.29, 0.717) is 17.4 Å². The van der Waals surface area contributed by atoms with Crippen LogP contribution in [0.1, 0.15) is 11.4 Å². The molecule has 0 saturated heterocycles. The SMILES string of the molecule is Cn1c(Cc2ccc(F)cc2)nnc1SCC(=O)Nc1c(F)cccc1F. The van der Waals surface area contributed by atoms with Crippen molar-refractivity contribution in [2.45, 2.75) is 11.6 Å². The number of benzene rings is 2. The highest BCUT2D eigenvalue weighted by Crippen LogP contribution is 2.21. The van der Waals surface area contributed by atoms with Crippen molar-refractivity contribution in [2.75, 3.05) is 11.1 Å². The predicted molar refractivity (Wildman–Crippen MR) is 95.9 cm³/mol. The molecule has 5 nitrogen and oxygen atoms in total. The molecule has 0 bridgehead atoms. The number of carbonyl (C=O) groups excluding carboxylic acids is 1. The minimum absolute atomic E-state index is 0.0870. The van der Waals surface area contributed by atoms with E-state index in [1.165, 1.54) is 18.2 Å². The molecule has 1 N–H and O–H groups in total.